The quantitative estimate of drug-likeness (QED) is 0.622. The van der Waals surface area contributed by atoms with Crippen molar-refractivity contribution in [2.45, 2.75) is 12.7 Å². The molecule has 3 aromatic carbocycles. The predicted octanol–water partition coefficient (Wildman–Crippen LogP) is 4.40. The van der Waals surface area contributed by atoms with Crippen molar-refractivity contribution in [2.24, 2.45) is 0 Å². The van der Waals surface area contributed by atoms with Gasteiger partial charge in [-0.2, -0.15) is 8.78 Å². The Kier molecular flexibility index (Phi) is 6.52. The van der Waals surface area contributed by atoms with Gasteiger partial charge in [-0.15, -0.1) is 0 Å². The topological polar surface area (TPSA) is 67.4 Å². The molecule has 0 aliphatic carbocycles. The Morgan fingerprint density at radius 3 is 1.97 bits per heavy atom. The van der Waals surface area contributed by atoms with E-state index >= 15 is 0 Å². The number of amides is 2. The second-order valence-electron chi connectivity index (χ2n) is 6.08. The summed E-state index contributed by atoms with van der Waals surface area (Å²) >= 11 is 0. The standard InChI is InChI=1S/C22H18F2N2O3/c23-22(24)29-18-13-11-17(12-14-18)25-21(28)19(15-7-3-1-4-8-15)26-20(27)16-9-5-2-6-10-16/h1-14,19,22H,(H,25,28)(H,26,27). The number of nitrogens with one attached hydrogen (secondary N) is 2. The van der Waals surface area contributed by atoms with Crippen LogP contribution in [0.3, 0.4) is 0 Å². The van der Waals surface area contributed by atoms with E-state index in [1.165, 1.54) is 24.3 Å². The van der Waals surface area contributed by atoms with Gasteiger partial charge in [-0.3, -0.25) is 9.59 Å². The van der Waals surface area contributed by atoms with Crippen LogP contribution in [0.1, 0.15) is 22.0 Å². The summed E-state index contributed by atoms with van der Waals surface area (Å²) in [4.78, 5) is 25.4. The summed E-state index contributed by atoms with van der Waals surface area (Å²) in [5.41, 5.74) is 1.41. The van der Waals surface area contributed by atoms with E-state index < -0.39 is 24.5 Å². The van der Waals surface area contributed by atoms with Crippen LogP contribution >= 0.6 is 0 Å². The number of carbonyl (C=O) groups is 2. The van der Waals surface area contributed by atoms with Gasteiger partial charge in [0.05, 0.1) is 0 Å². The van der Waals surface area contributed by atoms with Gasteiger partial charge in [0.2, 0.25) is 0 Å². The maximum atomic E-state index is 12.9. The molecule has 29 heavy (non-hydrogen) atoms. The molecule has 0 aliphatic rings. The number of ether oxygens (including phenoxy) is 1. The van der Waals surface area contributed by atoms with Gasteiger partial charge in [0.25, 0.3) is 11.8 Å². The summed E-state index contributed by atoms with van der Waals surface area (Å²) < 4.78 is 28.8. The highest BCUT2D eigenvalue weighted by Gasteiger charge is 2.23. The van der Waals surface area contributed by atoms with Crippen LogP contribution in [0.2, 0.25) is 0 Å². The highest BCUT2D eigenvalue weighted by atomic mass is 19.3. The molecule has 3 rings (SSSR count). The van der Waals surface area contributed by atoms with Gasteiger partial charge in [0.15, 0.2) is 0 Å². The molecule has 148 valence electrons. The average molecular weight is 396 g/mol. The smallest absolute Gasteiger partial charge is 0.387 e. The van der Waals surface area contributed by atoms with Crippen LogP contribution in [0.4, 0.5) is 14.5 Å². The molecule has 0 radical (unpaired) electrons. The van der Waals surface area contributed by atoms with Crippen molar-refractivity contribution >= 4 is 17.5 Å². The number of hydrogen-bond donors (Lipinski definition) is 2. The molecule has 0 heterocycles. The number of anilines is 1. The minimum absolute atomic E-state index is 0.0185. The molecule has 1 unspecified atom stereocenters. The lowest BCUT2D eigenvalue weighted by Crippen LogP contribution is -2.37. The number of benzene rings is 3. The summed E-state index contributed by atoms with van der Waals surface area (Å²) in [5.74, 6) is -0.881. The molecule has 0 bridgehead atoms. The fourth-order valence-corrected chi connectivity index (χ4v) is 2.68. The van der Waals surface area contributed by atoms with Crippen molar-refractivity contribution in [3.63, 3.8) is 0 Å². The van der Waals surface area contributed by atoms with Crippen LogP contribution in [0, 0.1) is 0 Å². The zero-order valence-corrected chi connectivity index (χ0v) is 15.2. The number of rotatable bonds is 7. The molecule has 3 aromatic rings. The normalized spacial score (nSPS) is 11.6. The van der Waals surface area contributed by atoms with Crippen molar-refractivity contribution in [3.8, 4) is 5.75 Å². The fraction of sp³-hybridized carbons (Fsp3) is 0.0909. The van der Waals surface area contributed by atoms with E-state index in [0.29, 0.717) is 16.8 Å². The lowest BCUT2D eigenvalue weighted by molar-refractivity contribution is -0.118. The van der Waals surface area contributed by atoms with E-state index in [-0.39, 0.29) is 5.75 Å². The van der Waals surface area contributed by atoms with Crippen LogP contribution in [0.5, 0.6) is 5.75 Å². The number of hydrogen-bond acceptors (Lipinski definition) is 3. The first kappa shape index (κ1) is 20.0. The highest BCUT2D eigenvalue weighted by molar-refractivity contribution is 6.01. The fourth-order valence-electron chi connectivity index (χ4n) is 2.68. The van der Waals surface area contributed by atoms with E-state index in [9.17, 15) is 18.4 Å². The minimum atomic E-state index is -2.92. The number of alkyl halides is 2. The van der Waals surface area contributed by atoms with Crippen LogP contribution < -0.4 is 15.4 Å². The van der Waals surface area contributed by atoms with Gasteiger partial charge in [-0.1, -0.05) is 48.5 Å². The number of halogens is 2. The molecule has 7 heteroatoms. The molecule has 2 N–H and O–H groups in total. The van der Waals surface area contributed by atoms with Crippen LogP contribution in [-0.2, 0) is 4.79 Å². The Bertz CT molecular complexity index is 949. The first-order valence-corrected chi connectivity index (χ1v) is 8.79. The zero-order chi connectivity index (χ0) is 20.6. The molecule has 1 atom stereocenters. The molecule has 2 amide bonds. The second-order valence-corrected chi connectivity index (χ2v) is 6.08. The Hall–Kier alpha value is -3.74. The largest absolute Gasteiger partial charge is 0.435 e. The Balaban J connectivity index is 1.77. The van der Waals surface area contributed by atoms with Crippen molar-refractivity contribution in [2.75, 3.05) is 5.32 Å². The zero-order valence-electron chi connectivity index (χ0n) is 15.2. The molecular weight excluding hydrogens is 378 g/mol. The molecular formula is C22H18F2N2O3. The lowest BCUT2D eigenvalue weighted by atomic mass is 10.1. The van der Waals surface area contributed by atoms with E-state index in [2.05, 4.69) is 15.4 Å². The molecule has 0 saturated heterocycles. The third-order valence-electron chi connectivity index (χ3n) is 4.05. The average Bonchev–Trinajstić information content (AvgIpc) is 2.74. The SMILES string of the molecule is O=C(NC(C(=O)Nc1ccc(OC(F)F)cc1)c1ccccc1)c1ccccc1. The third kappa shape index (κ3) is 5.62. The van der Waals surface area contributed by atoms with E-state index in [0.717, 1.165) is 0 Å². The summed E-state index contributed by atoms with van der Waals surface area (Å²) in [6.45, 7) is -2.92. The number of carbonyl (C=O) groups excluding carboxylic acids is 2. The van der Waals surface area contributed by atoms with Crippen molar-refractivity contribution in [1.29, 1.82) is 0 Å². The first-order chi connectivity index (χ1) is 14.0. The van der Waals surface area contributed by atoms with Gasteiger partial charge >= 0.3 is 6.61 Å². The van der Waals surface area contributed by atoms with Crippen LogP contribution in [0.25, 0.3) is 0 Å². The summed E-state index contributed by atoms with van der Waals surface area (Å²) in [6.07, 6.45) is 0. The maximum Gasteiger partial charge on any atom is 0.387 e. The highest BCUT2D eigenvalue weighted by Crippen LogP contribution is 2.20. The molecule has 0 saturated carbocycles. The maximum absolute atomic E-state index is 12.9. The van der Waals surface area contributed by atoms with Crippen molar-refractivity contribution in [3.05, 3.63) is 96.1 Å². The summed E-state index contributed by atoms with van der Waals surface area (Å²) in [6, 6.07) is 21.9. The summed E-state index contributed by atoms with van der Waals surface area (Å²) in [5, 5.41) is 5.41. The van der Waals surface area contributed by atoms with E-state index in [4.69, 9.17) is 0 Å². The summed E-state index contributed by atoms with van der Waals surface area (Å²) in [7, 11) is 0. The lowest BCUT2D eigenvalue weighted by Gasteiger charge is -2.19. The molecule has 0 fully saturated rings. The van der Waals surface area contributed by atoms with E-state index in [1.807, 2.05) is 0 Å². The molecule has 5 nitrogen and oxygen atoms in total. The van der Waals surface area contributed by atoms with Crippen molar-refractivity contribution < 1.29 is 23.1 Å². The van der Waals surface area contributed by atoms with Crippen molar-refractivity contribution in [1.82, 2.24) is 5.32 Å². The van der Waals surface area contributed by atoms with E-state index in [1.54, 1.807) is 60.7 Å². The monoisotopic (exact) mass is 396 g/mol. The first-order valence-electron chi connectivity index (χ1n) is 8.79. The van der Waals surface area contributed by atoms with Gasteiger partial charge in [0.1, 0.15) is 11.8 Å². The molecule has 0 aliphatic heterocycles. The van der Waals surface area contributed by atoms with Gasteiger partial charge < -0.3 is 15.4 Å². The second kappa shape index (κ2) is 9.45. The predicted molar refractivity (Wildman–Crippen MR) is 105 cm³/mol. The van der Waals surface area contributed by atoms with Crippen LogP contribution in [-0.4, -0.2) is 18.4 Å². The molecule has 0 spiro atoms. The van der Waals surface area contributed by atoms with Gasteiger partial charge in [0, 0.05) is 11.3 Å². The minimum Gasteiger partial charge on any atom is -0.435 e. The third-order valence-corrected chi connectivity index (χ3v) is 4.05. The van der Waals surface area contributed by atoms with Gasteiger partial charge in [-0.25, -0.2) is 0 Å². The Labute approximate surface area is 166 Å². The Morgan fingerprint density at radius 1 is 0.793 bits per heavy atom. The van der Waals surface area contributed by atoms with Gasteiger partial charge in [-0.05, 0) is 42.0 Å². The molecule has 0 aromatic heterocycles. The Morgan fingerprint density at radius 2 is 1.38 bits per heavy atom. The van der Waals surface area contributed by atoms with Crippen LogP contribution in [0.15, 0.2) is 84.9 Å².